The van der Waals surface area contributed by atoms with E-state index in [1.165, 1.54) is 23.7 Å². The van der Waals surface area contributed by atoms with Gasteiger partial charge in [0.25, 0.3) is 5.56 Å². The Kier molecular flexibility index (Phi) is 3.39. The van der Waals surface area contributed by atoms with Crippen LogP contribution in [-0.2, 0) is 19.9 Å². The Labute approximate surface area is 131 Å². The van der Waals surface area contributed by atoms with Gasteiger partial charge in [-0.3, -0.25) is 19.2 Å². The number of aryl methyl sites for hydroxylation is 2. The van der Waals surface area contributed by atoms with Crippen molar-refractivity contribution < 1.29 is 9.59 Å². The van der Waals surface area contributed by atoms with Crippen molar-refractivity contribution in [1.82, 2.24) is 9.55 Å². The monoisotopic (exact) mass is 312 g/mol. The van der Waals surface area contributed by atoms with Crippen molar-refractivity contribution in [3.8, 4) is 0 Å². The van der Waals surface area contributed by atoms with Crippen LogP contribution in [0.2, 0.25) is 0 Å². The van der Waals surface area contributed by atoms with E-state index in [0.717, 1.165) is 0 Å². The molecule has 23 heavy (non-hydrogen) atoms. The van der Waals surface area contributed by atoms with Crippen LogP contribution >= 0.6 is 0 Å². The number of carbonyl (C=O) groups excluding carboxylic acids is 2. The van der Waals surface area contributed by atoms with Gasteiger partial charge in [-0.15, -0.1) is 0 Å². The maximum atomic E-state index is 13.0. The van der Waals surface area contributed by atoms with Crippen molar-refractivity contribution >= 4 is 11.6 Å². The topological polar surface area (TPSA) is 89.0 Å². The average Bonchev–Trinajstić information content (AvgIpc) is 2.53. The third-order valence-corrected chi connectivity index (χ3v) is 4.30. The Balaban J connectivity index is 2.47. The van der Waals surface area contributed by atoms with Crippen molar-refractivity contribution in [2.24, 2.45) is 7.05 Å². The first kappa shape index (κ1) is 15.1. The molecule has 0 bridgehead atoms. The highest BCUT2D eigenvalue weighted by Gasteiger charge is 2.36. The summed E-state index contributed by atoms with van der Waals surface area (Å²) >= 11 is 0. The van der Waals surface area contributed by atoms with Gasteiger partial charge in [0, 0.05) is 19.2 Å². The molecular formula is C17H16N2O4. The zero-order valence-corrected chi connectivity index (χ0v) is 13.1. The van der Waals surface area contributed by atoms with Gasteiger partial charge in [-0.2, -0.15) is 0 Å². The minimum absolute atomic E-state index is 0.0184. The molecule has 0 radical (unpaired) electrons. The zero-order valence-electron chi connectivity index (χ0n) is 13.1. The van der Waals surface area contributed by atoms with E-state index in [1.807, 2.05) is 13.8 Å². The molecule has 118 valence electrons. The standard InChI is InChI=1S/C17H16N2O4/c1-4-8-6-10(20)18-14-12(8)16(22)13-9(5-2)7-11(21)19(3)15(13)17(14)23/h6-7H,4-5H2,1-3H3,(H,18,20). The summed E-state index contributed by atoms with van der Waals surface area (Å²) in [4.78, 5) is 52.1. The van der Waals surface area contributed by atoms with Crippen LogP contribution in [0.25, 0.3) is 0 Å². The van der Waals surface area contributed by atoms with Crippen molar-refractivity contribution in [3.05, 3.63) is 66.5 Å². The highest BCUT2D eigenvalue weighted by Crippen LogP contribution is 2.29. The van der Waals surface area contributed by atoms with E-state index in [9.17, 15) is 19.2 Å². The van der Waals surface area contributed by atoms with Gasteiger partial charge in [0.15, 0.2) is 5.78 Å². The van der Waals surface area contributed by atoms with Crippen LogP contribution in [-0.4, -0.2) is 21.1 Å². The smallest absolute Gasteiger partial charge is 0.251 e. The number of aromatic amines is 1. The van der Waals surface area contributed by atoms with Crippen molar-refractivity contribution in [2.45, 2.75) is 26.7 Å². The van der Waals surface area contributed by atoms with Gasteiger partial charge in [-0.1, -0.05) is 13.8 Å². The van der Waals surface area contributed by atoms with E-state index in [1.54, 1.807) is 0 Å². The number of H-pyrrole nitrogens is 1. The van der Waals surface area contributed by atoms with Gasteiger partial charge in [-0.25, -0.2) is 0 Å². The van der Waals surface area contributed by atoms with E-state index >= 15 is 0 Å². The van der Waals surface area contributed by atoms with Crippen molar-refractivity contribution in [2.75, 3.05) is 0 Å². The second-order valence-electron chi connectivity index (χ2n) is 5.56. The fourth-order valence-electron chi connectivity index (χ4n) is 3.11. The number of pyridine rings is 2. The lowest BCUT2D eigenvalue weighted by Gasteiger charge is -2.23. The average molecular weight is 312 g/mol. The van der Waals surface area contributed by atoms with Crippen LogP contribution in [0.1, 0.15) is 57.1 Å². The predicted octanol–water partition coefficient (Wildman–Crippen LogP) is 0.974. The summed E-state index contributed by atoms with van der Waals surface area (Å²) < 4.78 is 1.18. The fraction of sp³-hybridized carbons (Fsp3) is 0.294. The van der Waals surface area contributed by atoms with Crippen molar-refractivity contribution in [3.63, 3.8) is 0 Å². The molecule has 1 aliphatic carbocycles. The Bertz CT molecular complexity index is 979. The first-order chi connectivity index (χ1) is 10.9. The molecule has 0 saturated heterocycles. The van der Waals surface area contributed by atoms with E-state index in [0.29, 0.717) is 24.0 Å². The number of nitrogens with zero attached hydrogens (tertiary/aromatic N) is 1. The Morgan fingerprint density at radius 2 is 1.52 bits per heavy atom. The number of hydrogen-bond acceptors (Lipinski definition) is 4. The summed E-state index contributed by atoms with van der Waals surface area (Å²) in [7, 11) is 1.46. The lowest BCUT2D eigenvalue weighted by Crippen LogP contribution is -2.35. The molecule has 0 fully saturated rings. The first-order valence-corrected chi connectivity index (χ1v) is 7.49. The van der Waals surface area contributed by atoms with E-state index in [4.69, 9.17) is 0 Å². The predicted molar refractivity (Wildman–Crippen MR) is 84.4 cm³/mol. The summed E-state index contributed by atoms with van der Waals surface area (Å²) in [6, 6.07) is 2.74. The molecule has 0 saturated carbocycles. The highest BCUT2D eigenvalue weighted by molar-refractivity contribution is 6.28. The number of aromatic nitrogens is 2. The Hall–Kier alpha value is -2.76. The molecule has 3 rings (SSSR count). The summed E-state index contributed by atoms with van der Waals surface area (Å²) in [6.45, 7) is 3.65. The third-order valence-electron chi connectivity index (χ3n) is 4.30. The first-order valence-electron chi connectivity index (χ1n) is 7.49. The minimum Gasteiger partial charge on any atom is -0.318 e. The molecular weight excluding hydrogens is 296 g/mol. The SMILES string of the molecule is CCc1cc(=O)[nH]c2c1C(=O)c1c(CC)cc(=O)n(C)c1C2=O. The van der Waals surface area contributed by atoms with E-state index in [-0.39, 0.29) is 33.9 Å². The van der Waals surface area contributed by atoms with Gasteiger partial charge in [0.05, 0.1) is 11.1 Å². The summed E-state index contributed by atoms with van der Waals surface area (Å²) in [5.41, 5.74) is 0.878. The van der Waals surface area contributed by atoms with Crippen LogP contribution in [0.4, 0.5) is 0 Å². The fourth-order valence-corrected chi connectivity index (χ4v) is 3.11. The molecule has 0 aromatic carbocycles. The van der Waals surface area contributed by atoms with Crippen LogP contribution < -0.4 is 11.1 Å². The normalized spacial score (nSPS) is 13.0. The molecule has 6 heteroatoms. The second kappa shape index (κ2) is 5.15. The van der Waals surface area contributed by atoms with Gasteiger partial charge < -0.3 is 9.55 Å². The van der Waals surface area contributed by atoms with E-state index < -0.39 is 11.3 Å². The summed E-state index contributed by atoms with van der Waals surface area (Å²) in [5, 5.41) is 0. The van der Waals surface area contributed by atoms with Crippen molar-refractivity contribution in [1.29, 1.82) is 0 Å². The molecule has 0 amide bonds. The van der Waals surface area contributed by atoms with Gasteiger partial charge in [0.1, 0.15) is 11.4 Å². The largest absolute Gasteiger partial charge is 0.318 e. The van der Waals surface area contributed by atoms with Crippen LogP contribution in [0, 0.1) is 0 Å². The maximum Gasteiger partial charge on any atom is 0.251 e. The molecule has 2 aromatic rings. The van der Waals surface area contributed by atoms with Crippen LogP contribution in [0.15, 0.2) is 21.7 Å². The molecule has 0 aliphatic heterocycles. The number of fused-ring (bicyclic) bond motifs is 2. The van der Waals surface area contributed by atoms with Crippen LogP contribution in [0.5, 0.6) is 0 Å². The lowest BCUT2D eigenvalue weighted by molar-refractivity contribution is 0.0966. The molecule has 6 nitrogen and oxygen atoms in total. The zero-order chi connectivity index (χ0) is 16.9. The van der Waals surface area contributed by atoms with E-state index in [2.05, 4.69) is 4.98 Å². The third kappa shape index (κ3) is 2.02. The number of nitrogens with one attached hydrogen (secondary N) is 1. The Morgan fingerprint density at radius 3 is 2.13 bits per heavy atom. The minimum atomic E-state index is -0.489. The number of carbonyl (C=O) groups is 2. The van der Waals surface area contributed by atoms with Crippen LogP contribution in [0.3, 0.4) is 0 Å². The van der Waals surface area contributed by atoms with Gasteiger partial charge >= 0.3 is 0 Å². The number of rotatable bonds is 2. The lowest BCUT2D eigenvalue weighted by atomic mass is 9.84. The molecule has 2 aromatic heterocycles. The molecule has 1 aliphatic rings. The van der Waals surface area contributed by atoms with Gasteiger partial charge in [0.2, 0.25) is 11.3 Å². The molecule has 0 atom stereocenters. The highest BCUT2D eigenvalue weighted by atomic mass is 16.2. The maximum absolute atomic E-state index is 13.0. The molecule has 0 spiro atoms. The molecule has 2 heterocycles. The summed E-state index contributed by atoms with van der Waals surface area (Å²) in [6.07, 6.45) is 0.936. The quantitative estimate of drug-likeness (QED) is 0.763. The van der Waals surface area contributed by atoms with Gasteiger partial charge in [-0.05, 0) is 24.0 Å². The Morgan fingerprint density at radius 1 is 0.913 bits per heavy atom. The molecule has 1 N–H and O–H groups in total. The second-order valence-corrected chi connectivity index (χ2v) is 5.56. The number of hydrogen-bond donors (Lipinski definition) is 1. The number of ketones is 2. The molecule has 0 unspecified atom stereocenters. The summed E-state index contributed by atoms with van der Waals surface area (Å²) in [5.74, 6) is -0.799.